The Kier molecular flexibility index (Phi) is 6.37. The zero-order chi connectivity index (χ0) is 23.6. The summed E-state index contributed by atoms with van der Waals surface area (Å²) in [5.41, 5.74) is 1.32. The molecule has 170 valence electrons. The highest BCUT2D eigenvalue weighted by atomic mass is 32.2. The lowest BCUT2D eigenvalue weighted by Crippen LogP contribution is -2.20. The molecule has 0 radical (unpaired) electrons. The summed E-state index contributed by atoms with van der Waals surface area (Å²) in [6, 6.07) is 13.5. The second-order valence-corrected chi connectivity index (χ2v) is 8.15. The Morgan fingerprint density at radius 1 is 1.06 bits per heavy atom. The van der Waals surface area contributed by atoms with Gasteiger partial charge in [0.2, 0.25) is 5.91 Å². The maximum atomic E-state index is 13.7. The topological polar surface area (TPSA) is 81.2 Å². The second kappa shape index (κ2) is 9.22. The van der Waals surface area contributed by atoms with Crippen LogP contribution in [0, 0.1) is 0 Å². The molecule has 1 aromatic heterocycles. The van der Waals surface area contributed by atoms with Crippen LogP contribution >= 0.6 is 11.8 Å². The van der Waals surface area contributed by atoms with Gasteiger partial charge in [-0.15, -0.1) is 0 Å². The number of amides is 1. The van der Waals surface area contributed by atoms with E-state index in [2.05, 4.69) is 15.3 Å². The third-order valence-corrected chi connectivity index (χ3v) is 5.96. The number of esters is 1. The van der Waals surface area contributed by atoms with Crippen molar-refractivity contribution in [2.45, 2.75) is 24.2 Å². The number of hydrogen-bond donors (Lipinski definition) is 1. The summed E-state index contributed by atoms with van der Waals surface area (Å²) in [7, 11) is 1.22. The predicted molar refractivity (Wildman–Crippen MR) is 117 cm³/mol. The highest BCUT2D eigenvalue weighted by molar-refractivity contribution is 7.99. The van der Waals surface area contributed by atoms with Crippen molar-refractivity contribution in [3.8, 4) is 11.3 Å². The Morgan fingerprint density at radius 2 is 1.79 bits per heavy atom. The number of ether oxygens (including phenoxy) is 1. The fraction of sp³-hybridized carbons (Fsp3) is 0.217. The summed E-state index contributed by atoms with van der Waals surface area (Å²) in [5, 5.41) is 2.44. The van der Waals surface area contributed by atoms with Crippen molar-refractivity contribution in [2.24, 2.45) is 0 Å². The van der Waals surface area contributed by atoms with E-state index in [0.717, 1.165) is 17.3 Å². The van der Waals surface area contributed by atoms with Crippen molar-refractivity contribution in [1.29, 1.82) is 0 Å². The summed E-state index contributed by atoms with van der Waals surface area (Å²) in [6.07, 6.45) is -3.97. The minimum atomic E-state index is -4.64. The maximum Gasteiger partial charge on any atom is 0.433 e. The van der Waals surface area contributed by atoms with Crippen LogP contribution < -0.4 is 5.32 Å². The number of alkyl halides is 3. The van der Waals surface area contributed by atoms with Gasteiger partial charge in [0.05, 0.1) is 29.8 Å². The second-order valence-electron chi connectivity index (χ2n) is 7.21. The van der Waals surface area contributed by atoms with Gasteiger partial charge >= 0.3 is 12.1 Å². The van der Waals surface area contributed by atoms with Gasteiger partial charge in [-0.2, -0.15) is 13.2 Å². The van der Waals surface area contributed by atoms with Crippen LogP contribution in [0.2, 0.25) is 0 Å². The molecule has 0 unspecified atom stereocenters. The minimum absolute atomic E-state index is 0.0713. The van der Waals surface area contributed by atoms with Gasteiger partial charge < -0.3 is 10.1 Å². The van der Waals surface area contributed by atoms with E-state index in [1.54, 1.807) is 24.3 Å². The van der Waals surface area contributed by atoms with Crippen LogP contribution in [0.3, 0.4) is 0 Å². The Morgan fingerprint density at radius 3 is 2.55 bits per heavy atom. The SMILES string of the molecule is COC(=O)c1ccccc1NC(=O)CSc1nc2c(c(C(F)(F)F)n1)CCc1ccccc1-2. The molecule has 3 aromatic rings. The highest BCUT2D eigenvalue weighted by Gasteiger charge is 2.38. The molecule has 0 aliphatic heterocycles. The van der Waals surface area contributed by atoms with Crippen LogP contribution in [0.25, 0.3) is 11.3 Å². The number of para-hydroxylation sites is 1. The van der Waals surface area contributed by atoms with E-state index in [9.17, 15) is 22.8 Å². The molecule has 1 N–H and O–H groups in total. The minimum Gasteiger partial charge on any atom is -0.465 e. The smallest absolute Gasteiger partial charge is 0.433 e. The van der Waals surface area contributed by atoms with Gasteiger partial charge in [0, 0.05) is 11.1 Å². The largest absolute Gasteiger partial charge is 0.465 e. The van der Waals surface area contributed by atoms with E-state index in [1.807, 2.05) is 12.1 Å². The lowest BCUT2D eigenvalue weighted by molar-refractivity contribution is -0.142. The number of nitrogens with one attached hydrogen (secondary N) is 1. The Balaban J connectivity index is 1.59. The molecular formula is C23H18F3N3O3S. The van der Waals surface area contributed by atoms with Crippen molar-refractivity contribution >= 4 is 29.3 Å². The summed E-state index contributed by atoms with van der Waals surface area (Å²) >= 11 is 0.795. The first-order chi connectivity index (χ1) is 15.8. The number of anilines is 1. The Hall–Kier alpha value is -3.40. The number of benzene rings is 2. The highest BCUT2D eigenvalue weighted by Crippen LogP contribution is 2.40. The van der Waals surface area contributed by atoms with E-state index in [-0.39, 0.29) is 39.8 Å². The molecular weight excluding hydrogens is 455 g/mol. The molecule has 1 heterocycles. The fourth-order valence-corrected chi connectivity index (χ4v) is 4.29. The molecule has 10 heteroatoms. The number of carbonyl (C=O) groups is 2. The van der Waals surface area contributed by atoms with Crippen molar-refractivity contribution in [2.75, 3.05) is 18.2 Å². The van der Waals surface area contributed by atoms with E-state index >= 15 is 0 Å². The molecule has 1 aliphatic rings. The van der Waals surface area contributed by atoms with Gasteiger partial charge in [-0.25, -0.2) is 14.8 Å². The van der Waals surface area contributed by atoms with Crippen LogP contribution in [0.5, 0.6) is 0 Å². The third kappa shape index (κ3) is 4.85. The van der Waals surface area contributed by atoms with Crippen molar-refractivity contribution in [1.82, 2.24) is 9.97 Å². The lowest BCUT2D eigenvalue weighted by atomic mass is 9.88. The molecule has 1 aliphatic carbocycles. The number of rotatable bonds is 5. The van der Waals surface area contributed by atoms with E-state index < -0.39 is 23.7 Å². The summed E-state index contributed by atoms with van der Waals surface area (Å²) in [6.45, 7) is 0. The third-order valence-electron chi connectivity index (χ3n) is 5.11. The molecule has 0 spiro atoms. The molecule has 4 rings (SSSR count). The zero-order valence-corrected chi connectivity index (χ0v) is 18.2. The fourth-order valence-electron chi connectivity index (χ4n) is 3.65. The number of fused-ring (bicyclic) bond motifs is 3. The number of aryl methyl sites for hydroxylation is 1. The number of carbonyl (C=O) groups excluding carboxylic acids is 2. The summed E-state index contributed by atoms with van der Waals surface area (Å²) in [5.74, 6) is -1.38. The van der Waals surface area contributed by atoms with Gasteiger partial charge in [-0.3, -0.25) is 4.79 Å². The number of thioether (sulfide) groups is 1. The van der Waals surface area contributed by atoms with E-state index in [4.69, 9.17) is 4.74 Å². The predicted octanol–water partition coefficient (Wildman–Crippen LogP) is 4.78. The van der Waals surface area contributed by atoms with E-state index in [0.29, 0.717) is 12.0 Å². The number of aromatic nitrogens is 2. The summed E-state index contributed by atoms with van der Waals surface area (Å²) in [4.78, 5) is 32.4. The van der Waals surface area contributed by atoms with Crippen LogP contribution in [-0.4, -0.2) is 34.7 Å². The Labute approximate surface area is 191 Å². The van der Waals surface area contributed by atoms with Gasteiger partial charge in [-0.05, 0) is 30.5 Å². The first-order valence-electron chi connectivity index (χ1n) is 9.94. The normalized spacial score (nSPS) is 12.5. The summed E-state index contributed by atoms with van der Waals surface area (Å²) < 4.78 is 45.9. The monoisotopic (exact) mass is 473 g/mol. The zero-order valence-electron chi connectivity index (χ0n) is 17.4. The first-order valence-corrected chi connectivity index (χ1v) is 10.9. The molecule has 0 bridgehead atoms. The maximum absolute atomic E-state index is 13.7. The van der Waals surface area contributed by atoms with Crippen molar-refractivity contribution < 1.29 is 27.5 Å². The van der Waals surface area contributed by atoms with E-state index in [1.165, 1.54) is 19.2 Å². The number of nitrogens with zero attached hydrogens (tertiary/aromatic N) is 2. The Bertz CT molecular complexity index is 1230. The average Bonchev–Trinajstić information content (AvgIpc) is 2.81. The van der Waals surface area contributed by atoms with Gasteiger partial charge in [-0.1, -0.05) is 48.2 Å². The molecule has 1 amide bonds. The van der Waals surface area contributed by atoms with Crippen LogP contribution in [0.15, 0.2) is 53.7 Å². The molecule has 2 aromatic carbocycles. The van der Waals surface area contributed by atoms with Gasteiger partial charge in [0.15, 0.2) is 10.9 Å². The molecule has 33 heavy (non-hydrogen) atoms. The average molecular weight is 473 g/mol. The molecule has 6 nitrogen and oxygen atoms in total. The van der Waals surface area contributed by atoms with Crippen LogP contribution in [0.4, 0.5) is 18.9 Å². The van der Waals surface area contributed by atoms with Crippen LogP contribution in [-0.2, 0) is 28.5 Å². The standard InChI is InChI=1S/C23H18F3N3O3S/c1-32-21(31)15-8-4-5-9-17(15)27-18(30)12-33-22-28-19-14-7-3-2-6-13(14)10-11-16(19)20(29-22)23(24,25)26/h2-9H,10-12H2,1H3,(H,27,30). The molecule has 0 saturated carbocycles. The molecule has 0 fully saturated rings. The molecule has 0 saturated heterocycles. The van der Waals surface area contributed by atoms with Crippen molar-refractivity contribution in [3.63, 3.8) is 0 Å². The van der Waals surface area contributed by atoms with Crippen molar-refractivity contribution in [3.05, 3.63) is 70.9 Å². The quantitative estimate of drug-likeness (QED) is 0.326. The first kappa shape index (κ1) is 22.8. The number of hydrogen-bond acceptors (Lipinski definition) is 6. The van der Waals surface area contributed by atoms with Gasteiger partial charge in [0.25, 0.3) is 0 Å². The number of methoxy groups -OCH3 is 1. The molecule has 0 atom stereocenters. The van der Waals surface area contributed by atoms with Crippen LogP contribution in [0.1, 0.15) is 27.2 Å². The number of halogens is 3. The lowest BCUT2D eigenvalue weighted by Gasteiger charge is -2.22. The van der Waals surface area contributed by atoms with Gasteiger partial charge in [0.1, 0.15) is 0 Å².